The lowest BCUT2D eigenvalue weighted by Crippen LogP contribution is -2.35. The van der Waals surface area contributed by atoms with E-state index in [-0.39, 0.29) is 22.9 Å². The molecule has 9 heteroatoms. The van der Waals surface area contributed by atoms with Gasteiger partial charge in [0.25, 0.3) is 5.91 Å². The Bertz CT molecular complexity index is 1240. The summed E-state index contributed by atoms with van der Waals surface area (Å²) >= 11 is 0. The Labute approximate surface area is 192 Å². The van der Waals surface area contributed by atoms with Gasteiger partial charge in [0.15, 0.2) is 6.61 Å². The average Bonchev–Trinajstić information content (AvgIpc) is 3.35. The number of carbonyl (C=O) groups excluding carboxylic acids is 2. The van der Waals surface area contributed by atoms with Crippen molar-refractivity contribution in [2.24, 2.45) is 0 Å². The largest absolute Gasteiger partial charge is 0.467 e. The summed E-state index contributed by atoms with van der Waals surface area (Å²) < 4.78 is 37.8. The van der Waals surface area contributed by atoms with E-state index in [0.717, 1.165) is 11.1 Å². The highest BCUT2D eigenvalue weighted by Crippen LogP contribution is 2.25. The molecule has 1 aliphatic rings. The molecule has 3 aromatic rings. The second-order valence-corrected chi connectivity index (χ2v) is 9.72. The third-order valence-electron chi connectivity index (χ3n) is 5.55. The van der Waals surface area contributed by atoms with Crippen LogP contribution in [0.3, 0.4) is 0 Å². The molecule has 2 heterocycles. The van der Waals surface area contributed by atoms with Crippen molar-refractivity contribution >= 4 is 21.9 Å². The normalized spacial score (nSPS) is 13.8. The number of likely N-dealkylation sites (N-methyl/N-ethyl adjacent to an activating group) is 1. The first kappa shape index (κ1) is 22.8. The molecule has 0 bridgehead atoms. The van der Waals surface area contributed by atoms with Crippen LogP contribution in [0.4, 0.5) is 0 Å². The molecule has 0 radical (unpaired) electrons. The van der Waals surface area contributed by atoms with Gasteiger partial charge in [-0.3, -0.25) is 4.79 Å². The topological polar surface area (TPSA) is 97.1 Å². The lowest BCUT2D eigenvalue weighted by atomic mass is 10.0. The van der Waals surface area contributed by atoms with Crippen molar-refractivity contribution in [3.05, 3.63) is 89.4 Å². The summed E-state index contributed by atoms with van der Waals surface area (Å²) in [7, 11) is -2.12. The van der Waals surface area contributed by atoms with Crippen molar-refractivity contribution in [1.82, 2.24) is 9.21 Å². The van der Waals surface area contributed by atoms with Gasteiger partial charge in [0.1, 0.15) is 5.76 Å². The van der Waals surface area contributed by atoms with E-state index in [2.05, 4.69) is 0 Å². The van der Waals surface area contributed by atoms with Crippen LogP contribution in [-0.2, 0) is 39.1 Å². The Kier molecular flexibility index (Phi) is 6.62. The molecule has 0 N–H and O–H groups in total. The molecule has 1 aliphatic heterocycles. The predicted molar refractivity (Wildman–Crippen MR) is 120 cm³/mol. The van der Waals surface area contributed by atoms with Crippen molar-refractivity contribution < 1.29 is 27.2 Å². The van der Waals surface area contributed by atoms with Gasteiger partial charge in [-0.25, -0.2) is 13.2 Å². The summed E-state index contributed by atoms with van der Waals surface area (Å²) in [5.41, 5.74) is 2.32. The first-order valence-corrected chi connectivity index (χ1v) is 11.9. The van der Waals surface area contributed by atoms with Crippen LogP contribution in [-0.4, -0.2) is 49.7 Å². The Balaban J connectivity index is 1.35. The van der Waals surface area contributed by atoms with Gasteiger partial charge in [-0.1, -0.05) is 24.3 Å². The number of amides is 1. The summed E-state index contributed by atoms with van der Waals surface area (Å²) in [6.45, 7) is 0.549. The number of nitrogens with zero attached hydrogens (tertiary/aromatic N) is 2. The fourth-order valence-corrected chi connectivity index (χ4v) is 5.05. The molecule has 0 spiro atoms. The molecule has 4 rings (SSSR count). The van der Waals surface area contributed by atoms with Gasteiger partial charge in [-0.2, -0.15) is 4.31 Å². The van der Waals surface area contributed by atoms with Crippen molar-refractivity contribution in [1.29, 1.82) is 0 Å². The molecule has 1 aromatic heterocycles. The van der Waals surface area contributed by atoms with E-state index < -0.39 is 22.6 Å². The van der Waals surface area contributed by atoms with E-state index in [0.29, 0.717) is 25.3 Å². The Morgan fingerprint density at radius 2 is 1.76 bits per heavy atom. The van der Waals surface area contributed by atoms with Crippen molar-refractivity contribution in [2.75, 3.05) is 20.2 Å². The fourth-order valence-electron chi connectivity index (χ4n) is 3.63. The number of fused-ring (bicyclic) bond motifs is 1. The van der Waals surface area contributed by atoms with Crippen LogP contribution in [0.15, 0.2) is 76.2 Å². The van der Waals surface area contributed by atoms with Crippen LogP contribution in [0.1, 0.15) is 27.2 Å². The number of furan rings is 1. The molecule has 0 saturated carbocycles. The molecule has 0 aliphatic carbocycles. The summed E-state index contributed by atoms with van der Waals surface area (Å²) in [4.78, 5) is 26.0. The maximum absolute atomic E-state index is 13.1. The van der Waals surface area contributed by atoms with Gasteiger partial charge >= 0.3 is 5.97 Å². The van der Waals surface area contributed by atoms with Gasteiger partial charge in [-0.15, -0.1) is 0 Å². The van der Waals surface area contributed by atoms with Crippen molar-refractivity contribution in [3.63, 3.8) is 0 Å². The Hall–Kier alpha value is -3.43. The number of rotatable bonds is 7. The SMILES string of the molecule is CN(Cc1ccco1)C(=O)COC(=O)c1ccc(S(=O)(=O)N2CCc3ccccc3C2)cc1. The predicted octanol–water partition coefficient (Wildman–Crippen LogP) is 2.84. The third kappa shape index (κ3) is 5.15. The smallest absolute Gasteiger partial charge is 0.338 e. The molecule has 0 unspecified atom stereocenters. The van der Waals surface area contributed by atoms with E-state index in [9.17, 15) is 18.0 Å². The molecule has 8 nitrogen and oxygen atoms in total. The molecular weight excluding hydrogens is 444 g/mol. The van der Waals surface area contributed by atoms with E-state index in [1.165, 1.54) is 39.7 Å². The highest BCUT2D eigenvalue weighted by Gasteiger charge is 2.28. The van der Waals surface area contributed by atoms with E-state index in [1.54, 1.807) is 19.2 Å². The molecule has 172 valence electrons. The second kappa shape index (κ2) is 9.60. The zero-order chi connectivity index (χ0) is 23.4. The second-order valence-electron chi connectivity index (χ2n) is 7.79. The van der Waals surface area contributed by atoms with Crippen LogP contribution in [0, 0.1) is 0 Å². The van der Waals surface area contributed by atoms with Crippen LogP contribution < -0.4 is 0 Å². The van der Waals surface area contributed by atoms with Crippen molar-refractivity contribution in [3.8, 4) is 0 Å². The first-order chi connectivity index (χ1) is 15.8. The van der Waals surface area contributed by atoms with Gasteiger partial charge in [0.05, 0.1) is 23.3 Å². The monoisotopic (exact) mass is 468 g/mol. The van der Waals surface area contributed by atoms with E-state index in [4.69, 9.17) is 9.15 Å². The highest BCUT2D eigenvalue weighted by atomic mass is 32.2. The van der Waals surface area contributed by atoms with Crippen LogP contribution in [0.25, 0.3) is 0 Å². The lowest BCUT2D eigenvalue weighted by Gasteiger charge is -2.28. The molecule has 1 amide bonds. The minimum Gasteiger partial charge on any atom is -0.467 e. The molecule has 0 atom stereocenters. The molecule has 0 saturated heterocycles. The van der Waals surface area contributed by atoms with E-state index >= 15 is 0 Å². The van der Waals surface area contributed by atoms with Gasteiger partial charge in [0, 0.05) is 20.1 Å². The first-order valence-electron chi connectivity index (χ1n) is 10.4. The maximum atomic E-state index is 13.1. The standard InChI is InChI=1S/C24H24N2O6S/c1-25(16-21-7-4-14-31-21)23(27)17-32-24(28)19-8-10-22(11-9-19)33(29,30)26-13-12-18-5-2-3-6-20(18)15-26/h2-11,14H,12-13,15-17H2,1H3. The maximum Gasteiger partial charge on any atom is 0.338 e. The van der Waals surface area contributed by atoms with E-state index in [1.807, 2.05) is 24.3 Å². The van der Waals surface area contributed by atoms with Crippen molar-refractivity contribution in [2.45, 2.75) is 24.4 Å². The number of ether oxygens (including phenoxy) is 1. The van der Waals surface area contributed by atoms with Gasteiger partial charge in [-0.05, 0) is 53.9 Å². The quantitative estimate of drug-likeness (QED) is 0.495. The zero-order valence-corrected chi connectivity index (χ0v) is 19.0. The number of hydrogen-bond donors (Lipinski definition) is 0. The Morgan fingerprint density at radius 3 is 2.45 bits per heavy atom. The van der Waals surface area contributed by atoms with Gasteiger partial charge < -0.3 is 14.1 Å². The summed E-state index contributed by atoms with van der Waals surface area (Å²) in [6.07, 6.45) is 2.17. The third-order valence-corrected chi connectivity index (χ3v) is 7.41. The minimum absolute atomic E-state index is 0.104. The lowest BCUT2D eigenvalue weighted by molar-refractivity contribution is -0.133. The number of benzene rings is 2. The highest BCUT2D eigenvalue weighted by molar-refractivity contribution is 7.89. The summed E-state index contributed by atoms with van der Waals surface area (Å²) in [6, 6.07) is 16.8. The minimum atomic E-state index is -3.70. The number of esters is 1. The summed E-state index contributed by atoms with van der Waals surface area (Å²) in [5.74, 6) is -0.471. The number of hydrogen-bond acceptors (Lipinski definition) is 6. The fraction of sp³-hybridized carbons (Fsp3) is 0.250. The number of carbonyl (C=O) groups is 2. The van der Waals surface area contributed by atoms with Crippen LogP contribution in [0.2, 0.25) is 0 Å². The molecule has 33 heavy (non-hydrogen) atoms. The average molecular weight is 469 g/mol. The zero-order valence-electron chi connectivity index (χ0n) is 18.1. The molecule has 2 aromatic carbocycles. The van der Waals surface area contributed by atoms with Crippen LogP contribution >= 0.6 is 0 Å². The van der Waals surface area contributed by atoms with Gasteiger partial charge in [0.2, 0.25) is 10.0 Å². The number of sulfonamides is 1. The Morgan fingerprint density at radius 1 is 1.03 bits per heavy atom. The summed E-state index contributed by atoms with van der Waals surface area (Å²) in [5, 5.41) is 0. The van der Waals surface area contributed by atoms with Crippen LogP contribution in [0.5, 0.6) is 0 Å². The molecule has 0 fully saturated rings. The molecular formula is C24H24N2O6S.